The van der Waals surface area contributed by atoms with Crippen molar-refractivity contribution in [3.05, 3.63) is 0 Å². The van der Waals surface area contributed by atoms with Crippen LogP contribution in [0.1, 0.15) is 58.3 Å². The van der Waals surface area contributed by atoms with E-state index in [1.165, 1.54) is 19.3 Å². The van der Waals surface area contributed by atoms with Crippen molar-refractivity contribution >= 4 is 12.0 Å². The maximum absolute atomic E-state index is 12.2. The average molecular weight is 355 g/mol. The van der Waals surface area contributed by atoms with Crippen molar-refractivity contribution in [2.24, 2.45) is 5.41 Å². The lowest BCUT2D eigenvalue weighted by Crippen LogP contribution is -2.57. The van der Waals surface area contributed by atoms with E-state index >= 15 is 0 Å². The van der Waals surface area contributed by atoms with E-state index in [4.69, 9.17) is 5.11 Å². The van der Waals surface area contributed by atoms with Crippen molar-refractivity contribution in [3.8, 4) is 0 Å². The van der Waals surface area contributed by atoms with E-state index in [0.717, 1.165) is 32.1 Å². The highest BCUT2D eigenvalue weighted by Crippen LogP contribution is 2.38. The van der Waals surface area contributed by atoms with Gasteiger partial charge in [0.1, 0.15) is 0 Å². The first kappa shape index (κ1) is 20.0. The Morgan fingerprint density at radius 2 is 1.88 bits per heavy atom. The van der Waals surface area contributed by atoms with Crippen molar-refractivity contribution in [2.75, 3.05) is 26.2 Å². The Balaban J connectivity index is 1.70. The summed E-state index contributed by atoms with van der Waals surface area (Å²) in [5.41, 5.74) is 0.0486. The average Bonchev–Trinajstić information content (AvgIpc) is 2.55. The van der Waals surface area contributed by atoms with Gasteiger partial charge in [-0.1, -0.05) is 26.2 Å². The second-order valence-corrected chi connectivity index (χ2v) is 7.64. The van der Waals surface area contributed by atoms with Gasteiger partial charge in [0, 0.05) is 25.2 Å². The zero-order valence-electron chi connectivity index (χ0n) is 15.3. The number of likely N-dealkylation sites (N-methyl/N-ethyl adjacent to an activating group) is 1. The summed E-state index contributed by atoms with van der Waals surface area (Å²) < 4.78 is 0. The van der Waals surface area contributed by atoms with E-state index in [1.807, 2.05) is 11.8 Å². The molecule has 7 heteroatoms. The van der Waals surface area contributed by atoms with Gasteiger partial charge in [0.05, 0.1) is 6.54 Å². The van der Waals surface area contributed by atoms with Crippen molar-refractivity contribution in [3.63, 3.8) is 0 Å². The molecule has 0 spiro atoms. The number of aliphatic hydroxyl groups is 1. The van der Waals surface area contributed by atoms with Gasteiger partial charge < -0.3 is 20.8 Å². The first-order chi connectivity index (χ1) is 12.0. The normalized spacial score (nSPS) is 25.2. The molecule has 4 N–H and O–H groups in total. The van der Waals surface area contributed by atoms with Gasteiger partial charge in [-0.2, -0.15) is 0 Å². The third-order valence-corrected chi connectivity index (χ3v) is 5.89. The zero-order chi connectivity index (χ0) is 18.3. The van der Waals surface area contributed by atoms with Crippen LogP contribution in [0.25, 0.3) is 0 Å². The van der Waals surface area contributed by atoms with Crippen LogP contribution in [-0.4, -0.2) is 65.4 Å². The number of carbonyl (C=O) groups is 2. The van der Waals surface area contributed by atoms with Crippen LogP contribution in [0.15, 0.2) is 0 Å². The zero-order valence-corrected chi connectivity index (χ0v) is 15.3. The first-order valence-electron chi connectivity index (χ1n) is 9.59. The minimum absolute atomic E-state index is 0.0486. The molecule has 2 aliphatic rings. The number of nitrogens with zero attached hydrogens (tertiary/aromatic N) is 1. The summed E-state index contributed by atoms with van der Waals surface area (Å²) in [5, 5.41) is 24.2. The van der Waals surface area contributed by atoms with Crippen molar-refractivity contribution in [1.29, 1.82) is 0 Å². The molecule has 0 atom stereocenters. The molecule has 0 aromatic rings. The maximum Gasteiger partial charge on any atom is 0.317 e. The summed E-state index contributed by atoms with van der Waals surface area (Å²) in [6, 6.07) is 0.214. The lowest BCUT2D eigenvalue weighted by molar-refractivity contribution is -0.139. The molecule has 0 aliphatic heterocycles. The number of urea groups is 1. The van der Waals surface area contributed by atoms with Crippen LogP contribution in [0, 0.1) is 5.41 Å². The quantitative estimate of drug-likeness (QED) is 0.503. The van der Waals surface area contributed by atoms with E-state index in [1.54, 1.807) is 0 Å². The Labute approximate surface area is 150 Å². The number of rotatable bonds is 9. The molecule has 0 unspecified atom stereocenters. The second-order valence-electron chi connectivity index (χ2n) is 7.64. The van der Waals surface area contributed by atoms with E-state index in [-0.39, 0.29) is 36.7 Å². The van der Waals surface area contributed by atoms with Gasteiger partial charge in [0.2, 0.25) is 0 Å². The maximum atomic E-state index is 12.2. The molecule has 2 amide bonds. The van der Waals surface area contributed by atoms with Crippen molar-refractivity contribution in [1.82, 2.24) is 15.5 Å². The van der Waals surface area contributed by atoms with Gasteiger partial charge in [0.25, 0.3) is 0 Å². The minimum Gasteiger partial charge on any atom is -0.480 e. The Bertz CT molecular complexity index is 440. The van der Waals surface area contributed by atoms with Crippen molar-refractivity contribution < 1.29 is 19.8 Å². The topological polar surface area (TPSA) is 102 Å². The number of carboxylic acid groups (broad SMARTS) is 1. The molecule has 144 valence electrons. The van der Waals surface area contributed by atoms with Crippen LogP contribution in [-0.2, 0) is 4.79 Å². The van der Waals surface area contributed by atoms with Gasteiger partial charge in [-0.05, 0) is 44.1 Å². The monoisotopic (exact) mass is 355 g/mol. The molecule has 25 heavy (non-hydrogen) atoms. The molecule has 2 fully saturated rings. The van der Waals surface area contributed by atoms with Crippen molar-refractivity contribution in [2.45, 2.75) is 70.4 Å². The molecule has 0 saturated heterocycles. The van der Waals surface area contributed by atoms with Gasteiger partial charge in [0.15, 0.2) is 0 Å². The molecule has 2 saturated carbocycles. The number of carboxylic acids is 1. The lowest BCUT2D eigenvalue weighted by Gasteiger charge is -2.42. The Hall–Kier alpha value is -1.34. The Morgan fingerprint density at radius 1 is 1.20 bits per heavy atom. The highest BCUT2D eigenvalue weighted by Gasteiger charge is 2.35. The molecule has 2 aliphatic carbocycles. The number of aliphatic hydroxyl groups excluding tert-OH is 1. The molecule has 0 bridgehead atoms. The molecule has 0 radical (unpaired) electrons. The summed E-state index contributed by atoms with van der Waals surface area (Å²) in [5.74, 6) is -0.808. The SMILES string of the molecule is CCN(CC(=O)O)C1CC(NC(=O)NCC2(CCO)CCCCC2)C1. The number of nitrogens with one attached hydrogen (secondary N) is 2. The number of carbonyl (C=O) groups excluding carboxylic acids is 1. The molecule has 2 rings (SSSR count). The van der Waals surface area contributed by atoms with Crippen LogP contribution in [0.2, 0.25) is 0 Å². The molecule has 0 aromatic carbocycles. The highest BCUT2D eigenvalue weighted by atomic mass is 16.4. The number of hydrogen-bond donors (Lipinski definition) is 4. The van der Waals surface area contributed by atoms with E-state index in [0.29, 0.717) is 13.1 Å². The van der Waals surface area contributed by atoms with Gasteiger partial charge in [-0.15, -0.1) is 0 Å². The number of hydrogen-bond acceptors (Lipinski definition) is 4. The predicted molar refractivity (Wildman–Crippen MR) is 95.4 cm³/mol. The number of amides is 2. The first-order valence-corrected chi connectivity index (χ1v) is 9.59. The summed E-state index contributed by atoms with van der Waals surface area (Å²) in [6.07, 6.45) is 8.08. The van der Waals surface area contributed by atoms with Crippen LogP contribution in [0.5, 0.6) is 0 Å². The lowest BCUT2D eigenvalue weighted by atomic mass is 9.72. The Kier molecular flexibility index (Phi) is 7.50. The van der Waals surface area contributed by atoms with Crippen LogP contribution >= 0.6 is 0 Å². The van der Waals surface area contributed by atoms with Crippen LogP contribution in [0.4, 0.5) is 4.79 Å². The van der Waals surface area contributed by atoms with Gasteiger partial charge >= 0.3 is 12.0 Å². The second kappa shape index (κ2) is 9.38. The van der Waals surface area contributed by atoms with E-state index in [2.05, 4.69) is 10.6 Å². The summed E-state index contributed by atoms with van der Waals surface area (Å²) in [7, 11) is 0. The van der Waals surface area contributed by atoms with Crippen LogP contribution in [0.3, 0.4) is 0 Å². The Morgan fingerprint density at radius 3 is 2.44 bits per heavy atom. The fraction of sp³-hybridized carbons (Fsp3) is 0.889. The smallest absolute Gasteiger partial charge is 0.317 e. The third kappa shape index (κ3) is 5.85. The van der Waals surface area contributed by atoms with Crippen LogP contribution < -0.4 is 10.6 Å². The summed E-state index contributed by atoms with van der Waals surface area (Å²) in [6.45, 7) is 3.52. The van der Waals surface area contributed by atoms with E-state index in [9.17, 15) is 14.7 Å². The standard InChI is InChI=1S/C18H33N3O4/c1-2-21(12-16(23)24)15-10-14(11-15)20-17(25)19-13-18(8-9-22)6-4-3-5-7-18/h14-15,22H,2-13H2,1H3,(H,23,24)(H2,19,20,25). The summed E-state index contributed by atoms with van der Waals surface area (Å²) in [4.78, 5) is 25.0. The fourth-order valence-corrected chi connectivity index (χ4v) is 4.23. The van der Waals surface area contributed by atoms with Gasteiger partial charge in [-0.25, -0.2) is 4.79 Å². The molecule has 7 nitrogen and oxygen atoms in total. The minimum atomic E-state index is -0.808. The molecular weight excluding hydrogens is 322 g/mol. The van der Waals surface area contributed by atoms with E-state index < -0.39 is 5.97 Å². The molecule has 0 heterocycles. The molecule has 0 aromatic heterocycles. The molecular formula is C18H33N3O4. The summed E-state index contributed by atoms with van der Waals surface area (Å²) >= 11 is 0. The van der Waals surface area contributed by atoms with Gasteiger partial charge in [-0.3, -0.25) is 9.69 Å². The third-order valence-electron chi connectivity index (χ3n) is 5.89. The highest BCUT2D eigenvalue weighted by molar-refractivity contribution is 5.74. The number of aliphatic carboxylic acids is 1. The fourth-order valence-electron chi connectivity index (χ4n) is 4.23. The largest absolute Gasteiger partial charge is 0.480 e. The predicted octanol–water partition coefficient (Wildman–Crippen LogP) is 1.56.